The Morgan fingerprint density at radius 1 is 1.38 bits per heavy atom. The standard InChI is InChI=1S/C11H14N2/c1-8(2)11(12)9-6-4-5-7-10(9)13-3/h4-7,12-13H,1H2,2-3H3. The molecule has 0 spiro atoms. The van der Waals surface area contributed by atoms with Crippen LogP contribution in [0.3, 0.4) is 0 Å². The molecule has 0 fully saturated rings. The highest BCUT2D eigenvalue weighted by atomic mass is 14.8. The fourth-order valence-corrected chi connectivity index (χ4v) is 1.15. The van der Waals surface area contributed by atoms with E-state index in [1.807, 2.05) is 38.2 Å². The molecule has 0 amide bonds. The molecule has 0 aliphatic carbocycles. The van der Waals surface area contributed by atoms with Gasteiger partial charge in [-0.25, -0.2) is 0 Å². The second-order valence-electron chi connectivity index (χ2n) is 2.95. The first-order valence-corrected chi connectivity index (χ1v) is 4.18. The van der Waals surface area contributed by atoms with Gasteiger partial charge in [0, 0.05) is 18.3 Å². The van der Waals surface area contributed by atoms with Crippen LogP contribution in [-0.2, 0) is 0 Å². The number of rotatable bonds is 3. The van der Waals surface area contributed by atoms with E-state index in [1.165, 1.54) is 0 Å². The minimum absolute atomic E-state index is 0.491. The minimum atomic E-state index is 0.491. The zero-order chi connectivity index (χ0) is 9.84. The van der Waals surface area contributed by atoms with E-state index in [0.717, 1.165) is 16.8 Å². The summed E-state index contributed by atoms with van der Waals surface area (Å²) < 4.78 is 0. The van der Waals surface area contributed by atoms with Gasteiger partial charge in [-0.2, -0.15) is 0 Å². The summed E-state index contributed by atoms with van der Waals surface area (Å²) in [4.78, 5) is 0. The lowest BCUT2D eigenvalue weighted by Gasteiger charge is -2.09. The summed E-state index contributed by atoms with van der Waals surface area (Å²) in [6, 6.07) is 7.74. The van der Waals surface area contributed by atoms with Gasteiger partial charge in [0.15, 0.2) is 0 Å². The highest BCUT2D eigenvalue weighted by molar-refractivity contribution is 6.13. The van der Waals surface area contributed by atoms with E-state index in [1.54, 1.807) is 0 Å². The molecule has 2 N–H and O–H groups in total. The van der Waals surface area contributed by atoms with Gasteiger partial charge in [0.1, 0.15) is 0 Å². The van der Waals surface area contributed by atoms with E-state index in [0.29, 0.717) is 5.71 Å². The molecule has 0 aliphatic heterocycles. The van der Waals surface area contributed by atoms with Crippen molar-refractivity contribution in [1.29, 1.82) is 5.41 Å². The van der Waals surface area contributed by atoms with E-state index in [-0.39, 0.29) is 0 Å². The van der Waals surface area contributed by atoms with Crippen LogP contribution < -0.4 is 5.32 Å². The Labute approximate surface area is 78.8 Å². The molecule has 0 saturated carbocycles. The molecule has 1 aromatic rings. The minimum Gasteiger partial charge on any atom is -0.388 e. The normalized spacial score (nSPS) is 9.38. The number of anilines is 1. The van der Waals surface area contributed by atoms with Gasteiger partial charge < -0.3 is 5.32 Å². The highest BCUT2D eigenvalue weighted by Gasteiger charge is 2.05. The third-order valence-corrected chi connectivity index (χ3v) is 1.89. The van der Waals surface area contributed by atoms with E-state index in [9.17, 15) is 0 Å². The Bertz CT molecular complexity index is 340. The highest BCUT2D eigenvalue weighted by Crippen LogP contribution is 2.17. The van der Waals surface area contributed by atoms with Crippen LogP contribution in [0.25, 0.3) is 0 Å². The van der Waals surface area contributed by atoms with Crippen LogP contribution in [0.4, 0.5) is 5.69 Å². The number of para-hydroxylation sites is 1. The Balaban J connectivity index is 3.13. The van der Waals surface area contributed by atoms with E-state index >= 15 is 0 Å². The number of allylic oxidation sites excluding steroid dienone is 1. The largest absolute Gasteiger partial charge is 0.388 e. The van der Waals surface area contributed by atoms with Crippen molar-refractivity contribution in [3.05, 3.63) is 42.0 Å². The molecule has 2 heteroatoms. The van der Waals surface area contributed by atoms with Crippen molar-refractivity contribution in [3.8, 4) is 0 Å². The number of hydrogen-bond donors (Lipinski definition) is 2. The molecular formula is C11H14N2. The molecule has 0 heterocycles. The molecule has 0 radical (unpaired) electrons. The average Bonchev–Trinajstić information content (AvgIpc) is 2.16. The van der Waals surface area contributed by atoms with Gasteiger partial charge in [-0.3, -0.25) is 5.41 Å². The fraction of sp³-hybridized carbons (Fsp3) is 0.182. The fourth-order valence-electron chi connectivity index (χ4n) is 1.15. The van der Waals surface area contributed by atoms with Crippen LogP contribution in [0.15, 0.2) is 36.4 Å². The van der Waals surface area contributed by atoms with Crippen molar-refractivity contribution in [3.63, 3.8) is 0 Å². The van der Waals surface area contributed by atoms with E-state index < -0.39 is 0 Å². The molecule has 1 aromatic carbocycles. The zero-order valence-corrected chi connectivity index (χ0v) is 8.02. The van der Waals surface area contributed by atoms with Crippen molar-refractivity contribution in [2.45, 2.75) is 6.92 Å². The molecule has 68 valence electrons. The first kappa shape index (κ1) is 9.52. The lowest BCUT2D eigenvalue weighted by Crippen LogP contribution is -2.04. The summed E-state index contributed by atoms with van der Waals surface area (Å²) in [5, 5.41) is 10.8. The molecule has 1 rings (SSSR count). The molecule has 0 unspecified atom stereocenters. The maximum atomic E-state index is 7.79. The molecule has 0 saturated heterocycles. The summed E-state index contributed by atoms with van der Waals surface area (Å²) in [6.45, 7) is 5.60. The molecule has 0 aliphatic rings. The number of hydrogen-bond acceptors (Lipinski definition) is 2. The van der Waals surface area contributed by atoms with Crippen LogP contribution >= 0.6 is 0 Å². The molecular weight excluding hydrogens is 160 g/mol. The quantitative estimate of drug-likeness (QED) is 0.679. The molecule has 2 nitrogen and oxygen atoms in total. The van der Waals surface area contributed by atoms with E-state index in [4.69, 9.17) is 5.41 Å². The van der Waals surface area contributed by atoms with Crippen LogP contribution in [0, 0.1) is 5.41 Å². The average molecular weight is 174 g/mol. The molecule has 13 heavy (non-hydrogen) atoms. The SMILES string of the molecule is C=C(C)C(=N)c1ccccc1NC. The summed E-state index contributed by atoms with van der Waals surface area (Å²) in [7, 11) is 1.85. The van der Waals surface area contributed by atoms with Gasteiger partial charge >= 0.3 is 0 Å². The zero-order valence-electron chi connectivity index (χ0n) is 8.02. The number of nitrogens with one attached hydrogen (secondary N) is 2. The molecule has 0 aromatic heterocycles. The summed E-state index contributed by atoms with van der Waals surface area (Å²) in [6.07, 6.45) is 0. The predicted molar refractivity (Wildman–Crippen MR) is 57.6 cm³/mol. The Hall–Kier alpha value is -1.57. The summed E-state index contributed by atoms with van der Waals surface area (Å²) in [5.74, 6) is 0. The summed E-state index contributed by atoms with van der Waals surface area (Å²) >= 11 is 0. The maximum absolute atomic E-state index is 7.79. The van der Waals surface area contributed by atoms with Gasteiger partial charge in [-0.1, -0.05) is 24.8 Å². The van der Waals surface area contributed by atoms with E-state index in [2.05, 4.69) is 11.9 Å². The van der Waals surface area contributed by atoms with Crippen LogP contribution in [0.1, 0.15) is 12.5 Å². The van der Waals surface area contributed by atoms with Crippen LogP contribution in [-0.4, -0.2) is 12.8 Å². The van der Waals surface area contributed by atoms with Crippen molar-refractivity contribution < 1.29 is 0 Å². The number of benzene rings is 1. The Morgan fingerprint density at radius 3 is 2.54 bits per heavy atom. The summed E-state index contributed by atoms with van der Waals surface area (Å²) in [5.41, 5.74) is 3.14. The Kier molecular flexibility index (Phi) is 2.85. The van der Waals surface area contributed by atoms with Crippen molar-refractivity contribution >= 4 is 11.4 Å². The topological polar surface area (TPSA) is 35.9 Å². The lowest BCUT2D eigenvalue weighted by molar-refractivity contribution is 1.41. The monoisotopic (exact) mass is 174 g/mol. The molecule has 0 bridgehead atoms. The second-order valence-corrected chi connectivity index (χ2v) is 2.95. The van der Waals surface area contributed by atoms with Crippen molar-refractivity contribution in [1.82, 2.24) is 0 Å². The Morgan fingerprint density at radius 2 is 2.00 bits per heavy atom. The lowest BCUT2D eigenvalue weighted by atomic mass is 10.0. The first-order chi connectivity index (χ1) is 6.16. The predicted octanol–water partition coefficient (Wildman–Crippen LogP) is 2.67. The van der Waals surface area contributed by atoms with Crippen LogP contribution in [0.5, 0.6) is 0 Å². The third-order valence-electron chi connectivity index (χ3n) is 1.89. The van der Waals surface area contributed by atoms with Gasteiger partial charge in [-0.05, 0) is 18.6 Å². The maximum Gasteiger partial charge on any atom is 0.0656 e. The third kappa shape index (κ3) is 1.96. The second kappa shape index (κ2) is 3.90. The van der Waals surface area contributed by atoms with Crippen molar-refractivity contribution in [2.75, 3.05) is 12.4 Å². The smallest absolute Gasteiger partial charge is 0.0656 e. The van der Waals surface area contributed by atoms with Crippen molar-refractivity contribution in [2.24, 2.45) is 0 Å². The first-order valence-electron chi connectivity index (χ1n) is 4.18. The van der Waals surface area contributed by atoms with Gasteiger partial charge in [0.2, 0.25) is 0 Å². The van der Waals surface area contributed by atoms with Crippen LogP contribution in [0.2, 0.25) is 0 Å². The van der Waals surface area contributed by atoms with Gasteiger partial charge in [-0.15, -0.1) is 0 Å². The van der Waals surface area contributed by atoms with Gasteiger partial charge in [0.05, 0.1) is 5.71 Å². The van der Waals surface area contributed by atoms with Gasteiger partial charge in [0.25, 0.3) is 0 Å². The molecule has 0 atom stereocenters.